The number of fused-ring (bicyclic) bond motifs is 14. The predicted octanol–water partition coefficient (Wildman–Crippen LogP) is 7.43. The second-order valence-electron chi connectivity index (χ2n) is 15.9. The van der Waals surface area contributed by atoms with Crippen LogP contribution in [0.2, 0.25) is 0 Å². The Morgan fingerprint density at radius 2 is 1.69 bits per heavy atom. The first-order valence-corrected chi connectivity index (χ1v) is 22.2. The topological polar surface area (TPSA) is 223 Å². The van der Waals surface area contributed by atoms with Crippen LogP contribution in [-0.4, -0.2) is 103 Å². The minimum absolute atomic E-state index is 0.0342. The number of ether oxygens (including phenoxy) is 4. The first-order chi connectivity index (χ1) is 28.7. The number of nitrogens with zero attached hydrogens (tertiary/aromatic N) is 1. The van der Waals surface area contributed by atoms with Crippen molar-refractivity contribution in [3.05, 3.63) is 52.8 Å². The van der Waals surface area contributed by atoms with Gasteiger partial charge in [-0.05, 0) is 39.2 Å². The van der Waals surface area contributed by atoms with E-state index in [-0.39, 0.29) is 51.1 Å². The fourth-order valence-electron chi connectivity index (χ4n) is 7.62. The number of alkyl halides is 2. The van der Waals surface area contributed by atoms with E-state index in [0.29, 0.717) is 11.2 Å². The van der Waals surface area contributed by atoms with E-state index >= 15 is 0 Å². The molecule has 0 saturated carbocycles. The number of nitrogens with one attached hydrogen (secondary N) is 1. The molecule has 2 aromatic carbocycles. The van der Waals surface area contributed by atoms with Crippen molar-refractivity contribution in [1.29, 1.82) is 0 Å². The van der Waals surface area contributed by atoms with E-state index in [1.165, 1.54) is 53.2 Å². The van der Waals surface area contributed by atoms with Gasteiger partial charge in [0.2, 0.25) is 0 Å². The number of unbranched alkanes of at least 4 members (excludes halogenated alkanes) is 1. The zero-order valence-electron chi connectivity index (χ0n) is 35.9. The van der Waals surface area contributed by atoms with E-state index in [9.17, 15) is 39.9 Å². The van der Waals surface area contributed by atoms with Crippen LogP contribution in [0.15, 0.2) is 41.3 Å². The van der Waals surface area contributed by atoms with Crippen molar-refractivity contribution in [2.45, 2.75) is 110 Å². The highest BCUT2D eigenvalue weighted by Crippen LogP contribution is 2.55. The standard InChI is InChI=1S/C44H58Br2N2O13/c1-21-13-12-14-22(2)43(56)48-34-29(20-47-59-17-11-10-15-28(46)19-45)38(53)31-32(39(34)54)37(52)26(6)41-33(31)42(55)44(8,61-41)58-18-16-30(57-9)23(3)40(60-27(7)49)25(5)36(51)24(4)35(21)50/h12-14,16,18,20-21,23-25,28,30,35-36,40,50-54H,10-11,15,17,19H2,1-9H3,(H,48,56)/b13-12+,18-16+,22-14+,47-20+/t21-,23+,24+,25+,28?,30-,35-,36+,40+,44-/m0/s1. The normalized spacial score (nSPS) is 30.0. The Bertz CT molecular complexity index is 2070. The number of aromatic hydroxyl groups is 3. The van der Waals surface area contributed by atoms with Crippen molar-refractivity contribution < 1.29 is 63.7 Å². The van der Waals surface area contributed by atoms with E-state index in [1.807, 2.05) is 0 Å². The number of benzene rings is 2. The second kappa shape index (κ2) is 21.3. The smallest absolute Gasteiger partial charge is 0.312 e. The number of amides is 1. The van der Waals surface area contributed by atoms with Gasteiger partial charge in [0.05, 0.1) is 53.0 Å². The molecule has 0 spiro atoms. The molecule has 336 valence electrons. The lowest BCUT2D eigenvalue weighted by molar-refractivity contribution is -0.160. The Balaban J connectivity index is 1.91. The van der Waals surface area contributed by atoms with Gasteiger partial charge in [-0.3, -0.25) is 14.4 Å². The van der Waals surface area contributed by atoms with Crippen molar-refractivity contribution >= 4 is 72.2 Å². The summed E-state index contributed by atoms with van der Waals surface area (Å²) in [4.78, 5) is 46.2. The number of allylic oxidation sites excluding steroid dienone is 2. The van der Waals surface area contributed by atoms with Gasteiger partial charge >= 0.3 is 11.8 Å². The molecule has 3 aliphatic heterocycles. The molecule has 10 atom stereocenters. The Hall–Kier alpha value is -4.16. The maximum atomic E-state index is 14.4. The van der Waals surface area contributed by atoms with Crippen LogP contribution in [0.25, 0.3) is 10.8 Å². The molecule has 15 nitrogen and oxygen atoms in total. The predicted molar refractivity (Wildman–Crippen MR) is 238 cm³/mol. The third kappa shape index (κ3) is 10.9. The van der Waals surface area contributed by atoms with Gasteiger partial charge in [0.25, 0.3) is 11.7 Å². The van der Waals surface area contributed by atoms with Gasteiger partial charge in [-0.25, -0.2) is 0 Å². The van der Waals surface area contributed by atoms with Crippen LogP contribution in [0.5, 0.6) is 23.0 Å². The van der Waals surface area contributed by atoms with Crippen LogP contribution in [0.3, 0.4) is 0 Å². The van der Waals surface area contributed by atoms with Crippen molar-refractivity contribution in [1.82, 2.24) is 0 Å². The zero-order chi connectivity index (χ0) is 45.5. The molecule has 1 amide bonds. The van der Waals surface area contributed by atoms with Crippen molar-refractivity contribution in [2.75, 3.05) is 24.4 Å². The van der Waals surface area contributed by atoms with Crippen LogP contribution in [0.1, 0.15) is 89.2 Å². The average Bonchev–Trinajstić information content (AvgIpc) is 3.49. The maximum absolute atomic E-state index is 14.4. The molecule has 5 bridgehead atoms. The molecule has 2 aromatic rings. The summed E-state index contributed by atoms with van der Waals surface area (Å²) in [7, 11) is 1.43. The number of aliphatic hydroxyl groups excluding tert-OH is 2. The third-order valence-electron chi connectivity index (χ3n) is 11.5. The molecule has 5 rings (SSSR count). The number of carbonyl (C=O) groups is 3. The molecular weight excluding hydrogens is 924 g/mol. The summed E-state index contributed by atoms with van der Waals surface area (Å²) in [5, 5.41) is 65.0. The van der Waals surface area contributed by atoms with Crippen molar-refractivity contribution in [3.63, 3.8) is 0 Å². The summed E-state index contributed by atoms with van der Waals surface area (Å²) >= 11 is 7.00. The minimum atomic E-state index is -2.06. The molecule has 3 heterocycles. The molecule has 61 heavy (non-hydrogen) atoms. The van der Waals surface area contributed by atoms with Gasteiger partial charge in [-0.15, -0.1) is 0 Å². The SMILES string of the molecule is CO[C@H]1/C=C/O[C@@]2(C)Oc3c(C)c(O)c4c(O)c(c(/C=N/OCCCCC(Br)CBr)c(O)c4c3C2=O)NC(=O)/C(C)=C/C=C/[C@H](C)[C@H](O)[C@@H](C)[C@@H](O)[C@@H](C)[C@H](OC(C)=O)[C@@H]1C. The monoisotopic (exact) mass is 980 g/mol. The summed E-state index contributed by atoms with van der Waals surface area (Å²) < 4.78 is 23.5. The van der Waals surface area contributed by atoms with Crippen molar-refractivity contribution in [2.24, 2.45) is 28.8 Å². The fraction of sp³-hybridized carbons (Fsp3) is 0.545. The number of anilines is 1. The molecule has 0 aromatic heterocycles. The molecule has 6 N–H and O–H groups in total. The van der Waals surface area contributed by atoms with E-state index in [4.69, 9.17) is 23.8 Å². The zero-order valence-corrected chi connectivity index (χ0v) is 39.1. The number of methoxy groups -OCH3 is 1. The second-order valence-corrected chi connectivity index (χ2v) is 17.9. The molecule has 0 saturated heterocycles. The van der Waals surface area contributed by atoms with Gasteiger partial charge < -0.3 is 54.6 Å². The van der Waals surface area contributed by atoms with Crippen molar-refractivity contribution in [3.8, 4) is 23.0 Å². The highest BCUT2D eigenvalue weighted by molar-refractivity contribution is 9.12. The molecular formula is C44H58Br2N2O13. The Labute approximate surface area is 373 Å². The number of ketones is 1. The van der Waals surface area contributed by atoms with E-state index in [1.54, 1.807) is 39.8 Å². The number of Topliss-reactive ketones (excluding diaryl/α,β-unsaturated/α-hetero) is 1. The number of rotatable bonds is 10. The third-order valence-corrected chi connectivity index (χ3v) is 13.9. The molecule has 17 heteroatoms. The number of esters is 1. The van der Waals surface area contributed by atoms with E-state index < -0.39 is 88.8 Å². The average molecular weight is 983 g/mol. The van der Waals surface area contributed by atoms with Gasteiger partial charge in [-0.1, -0.05) is 82.9 Å². The highest BCUT2D eigenvalue weighted by atomic mass is 79.9. The number of halogens is 2. The van der Waals surface area contributed by atoms with Crippen LogP contribution in [0, 0.1) is 30.6 Å². The number of oxime groups is 1. The Morgan fingerprint density at radius 3 is 2.33 bits per heavy atom. The van der Waals surface area contributed by atoms with Crippen LogP contribution >= 0.6 is 31.9 Å². The number of hydrogen-bond acceptors (Lipinski definition) is 14. The molecule has 3 aliphatic rings. The quantitative estimate of drug-likeness (QED) is 0.0260. The highest BCUT2D eigenvalue weighted by Gasteiger charge is 2.50. The summed E-state index contributed by atoms with van der Waals surface area (Å²) in [6.07, 6.45) is 6.93. The lowest BCUT2D eigenvalue weighted by Gasteiger charge is -2.38. The van der Waals surface area contributed by atoms with Crippen LogP contribution in [-0.2, 0) is 28.6 Å². The fourth-order valence-corrected chi connectivity index (χ4v) is 8.27. The minimum Gasteiger partial charge on any atom is -0.507 e. The van der Waals surface area contributed by atoms with E-state index in [2.05, 4.69) is 42.3 Å². The number of phenolic OH excluding ortho intramolecular Hbond substituents is 3. The Kier molecular flexibility index (Phi) is 17.3. The number of carbonyl (C=O) groups excluding carboxylic acids is 3. The molecule has 1 unspecified atom stereocenters. The van der Waals surface area contributed by atoms with Crippen LogP contribution in [0.4, 0.5) is 5.69 Å². The van der Waals surface area contributed by atoms with Gasteiger partial charge in [0, 0.05) is 71.3 Å². The van der Waals surface area contributed by atoms with Gasteiger partial charge in [0.15, 0.2) is 5.75 Å². The number of phenols is 3. The number of hydrogen-bond donors (Lipinski definition) is 6. The van der Waals surface area contributed by atoms with Crippen LogP contribution < -0.4 is 10.1 Å². The number of aliphatic hydroxyl groups is 2. The Morgan fingerprint density at radius 1 is 1.00 bits per heavy atom. The molecule has 0 radical (unpaired) electrons. The summed E-state index contributed by atoms with van der Waals surface area (Å²) in [6, 6.07) is 0. The largest absolute Gasteiger partial charge is 0.507 e. The lowest BCUT2D eigenvalue weighted by Crippen LogP contribution is -2.46. The summed E-state index contributed by atoms with van der Waals surface area (Å²) in [5.41, 5.74) is -0.600. The first kappa shape index (κ1) is 49.5. The maximum Gasteiger partial charge on any atom is 0.312 e. The van der Waals surface area contributed by atoms with Gasteiger partial charge in [-0.2, -0.15) is 0 Å². The van der Waals surface area contributed by atoms with Gasteiger partial charge in [0.1, 0.15) is 30.0 Å². The summed E-state index contributed by atoms with van der Waals surface area (Å²) in [5.74, 6) is -8.64. The lowest BCUT2D eigenvalue weighted by atomic mass is 9.78. The summed E-state index contributed by atoms with van der Waals surface area (Å²) in [6.45, 7) is 12.7. The molecule has 0 aliphatic carbocycles. The molecule has 0 fully saturated rings. The first-order valence-electron chi connectivity index (χ1n) is 20.1. The van der Waals surface area contributed by atoms with E-state index in [0.717, 1.165) is 24.4 Å².